The fraction of sp³-hybridized carbons (Fsp3) is 0.385. The summed E-state index contributed by atoms with van der Waals surface area (Å²) in [5.74, 6) is -0.818. The van der Waals surface area contributed by atoms with E-state index in [1.807, 2.05) is 0 Å². The van der Waals surface area contributed by atoms with Crippen molar-refractivity contribution in [1.82, 2.24) is 0 Å². The fourth-order valence-electron chi connectivity index (χ4n) is 1.49. The summed E-state index contributed by atoms with van der Waals surface area (Å²) in [5, 5.41) is 0. The molecule has 2 aliphatic heterocycles. The third-order valence-electron chi connectivity index (χ3n) is 2.97. The Morgan fingerprint density at radius 3 is 2.00 bits per heavy atom. The lowest BCUT2D eigenvalue weighted by Gasteiger charge is -2.31. The molecular weight excluding hydrogens is 220 g/mol. The van der Waals surface area contributed by atoms with Gasteiger partial charge in [-0.25, -0.2) is 9.59 Å². The molecular formula is C13H14O4. The molecule has 17 heavy (non-hydrogen) atoms. The van der Waals surface area contributed by atoms with E-state index in [0.29, 0.717) is 11.1 Å². The molecule has 1 aromatic carbocycles. The van der Waals surface area contributed by atoms with Crippen LogP contribution < -0.4 is 0 Å². The maximum absolute atomic E-state index is 11.8. The summed E-state index contributed by atoms with van der Waals surface area (Å²) in [6.45, 7) is 5.15. The predicted octanol–water partition coefficient (Wildman–Crippen LogP) is 2.18. The zero-order valence-electron chi connectivity index (χ0n) is 10.0. The van der Waals surface area contributed by atoms with Gasteiger partial charge in [0, 0.05) is 0 Å². The Kier molecular flexibility index (Phi) is 2.65. The molecule has 1 unspecified atom stereocenters. The molecule has 0 aliphatic carbocycles. The monoisotopic (exact) mass is 234 g/mol. The molecule has 0 N–H and O–H groups in total. The summed E-state index contributed by atoms with van der Waals surface area (Å²) in [6.07, 6.45) is -0.506. The van der Waals surface area contributed by atoms with Crippen LogP contribution in [-0.2, 0) is 9.47 Å². The number of ether oxygens (including phenoxy) is 2. The number of fused-ring (bicyclic) bond motifs is 7. The molecule has 4 nitrogen and oxygen atoms in total. The number of hydrogen-bond donors (Lipinski definition) is 0. The highest BCUT2D eigenvalue weighted by Gasteiger charge is 2.34. The zero-order valence-corrected chi connectivity index (χ0v) is 10.0. The Hall–Kier alpha value is -1.84. The first-order valence-electron chi connectivity index (χ1n) is 5.44. The van der Waals surface area contributed by atoms with Crippen LogP contribution in [0.25, 0.3) is 0 Å². The van der Waals surface area contributed by atoms with Gasteiger partial charge >= 0.3 is 11.9 Å². The van der Waals surface area contributed by atoms with E-state index in [0.717, 1.165) is 0 Å². The highest BCUT2D eigenvalue weighted by Crippen LogP contribution is 2.23. The number of esters is 2. The van der Waals surface area contributed by atoms with E-state index in [1.54, 1.807) is 45.0 Å². The second-order valence-electron chi connectivity index (χ2n) is 4.62. The van der Waals surface area contributed by atoms with Crippen molar-refractivity contribution < 1.29 is 19.1 Å². The number of rotatable bonds is 0. The topological polar surface area (TPSA) is 52.6 Å². The van der Waals surface area contributed by atoms with Crippen LogP contribution in [0.5, 0.6) is 0 Å². The van der Waals surface area contributed by atoms with Gasteiger partial charge in [0.05, 0.1) is 11.1 Å². The Labute approximate surface area is 99.5 Å². The molecule has 1 atom stereocenters. The van der Waals surface area contributed by atoms with Gasteiger partial charge in [0.25, 0.3) is 0 Å². The molecule has 0 aromatic heterocycles. The maximum atomic E-state index is 11.8. The first-order valence-corrected chi connectivity index (χ1v) is 5.44. The van der Waals surface area contributed by atoms with Crippen molar-refractivity contribution in [2.45, 2.75) is 32.5 Å². The molecule has 2 aliphatic rings. The van der Waals surface area contributed by atoms with Gasteiger partial charge in [-0.05, 0) is 45.0 Å². The molecule has 3 rings (SSSR count). The van der Waals surface area contributed by atoms with Gasteiger partial charge in [0.2, 0.25) is 0 Å². The minimum atomic E-state index is -0.848. The van der Waals surface area contributed by atoms with Crippen LogP contribution in [0.2, 0.25) is 0 Å². The summed E-state index contributed by atoms with van der Waals surface area (Å²) in [7, 11) is 0. The molecule has 2 heterocycles. The van der Waals surface area contributed by atoms with Crippen molar-refractivity contribution in [2.75, 3.05) is 0 Å². The molecule has 0 amide bonds. The van der Waals surface area contributed by atoms with Crippen LogP contribution >= 0.6 is 0 Å². The standard InChI is InChI=1S/C13H14O4/c1-8-13(2,3)17-12(15)10-6-4-9(5-7-10)11(14)16-8/h4-8H,1-3H3. The molecule has 2 bridgehead atoms. The lowest BCUT2D eigenvalue weighted by atomic mass is 10.0. The molecule has 0 fully saturated rings. The lowest BCUT2D eigenvalue weighted by molar-refractivity contribution is -0.0724. The smallest absolute Gasteiger partial charge is 0.338 e. The summed E-state index contributed by atoms with van der Waals surface area (Å²) < 4.78 is 10.6. The van der Waals surface area contributed by atoms with Gasteiger partial charge in [0.15, 0.2) is 0 Å². The van der Waals surface area contributed by atoms with E-state index in [4.69, 9.17) is 9.47 Å². The molecule has 0 spiro atoms. The third kappa shape index (κ3) is 2.16. The van der Waals surface area contributed by atoms with Crippen molar-refractivity contribution in [3.63, 3.8) is 0 Å². The summed E-state index contributed by atoms with van der Waals surface area (Å²) in [6, 6.07) is 6.24. The van der Waals surface area contributed by atoms with E-state index in [2.05, 4.69) is 0 Å². The van der Waals surface area contributed by atoms with E-state index in [9.17, 15) is 9.59 Å². The van der Waals surface area contributed by atoms with E-state index in [-0.39, 0.29) is 0 Å². The molecule has 0 saturated heterocycles. The Morgan fingerprint density at radius 2 is 1.47 bits per heavy atom. The van der Waals surface area contributed by atoms with Gasteiger partial charge in [0.1, 0.15) is 11.7 Å². The van der Waals surface area contributed by atoms with E-state index >= 15 is 0 Å². The Bertz CT molecular complexity index is 459. The number of hydrogen-bond acceptors (Lipinski definition) is 4. The first-order chi connectivity index (χ1) is 7.90. The van der Waals surface area contributed by atoms with Crippen molar-refractivity contribution >= 4 is 11.9 Å². The minimum absolute atomic E-state index is 0.407. The molecule has 0 saturated carbocycles. The second kappa shape index (κ2) is 3.87. The second-order valence-corrected chi connectivity index (χ2v) is 4.62. The Balaban J connectivity index is 2.46. The number of carbonyl (C=O) groups is 2. The van der Waals surface area contributed by atoms with Crippen molar-refractivity contribution in [3.05, 3.63) is 35.4 Å². The number of carbonyl (C=O) groups excluding carboxylic acids is 2. The third-order valence-corrected chi connectivity index (χ3v) is 2.97. The van der Waals surface area contributed by atoms with Gasteiger partial charge in [-0.15, -0.1) is 0 Å². The van der Waals surface area contributed by atoms with Gasteiger partial charge in [-0.2, -0.15) is 0 Å². The van der Waals surface area contributed by atoms with Crippen molar-refractivity contribution in [3.8, 4) is 0 Å². The van der Waals surface area contributed by atoms with Gasteiger partial charge < -0.3 is 9.47 Å². The molecule has 0 radical (unpaired) electrons. The SMILES string of the molecule is CC1OC(=O)c2ccc(cc2)C(=O)OC1(C)C. The summed E-state index contributed by atoms with van der Waals surface area (Å²) >= 11 is 0. The molecule has 90 valence electrons. The van der Waals surface area contributed by atoms with Crippen LogP contribution in [0.4, 0.5) is 0 Å². The van der Waals surface area contributed by atoms with Crippen molar-refractivity contribution in [2.24, 2.45) is 0 Å². The minimum Gasteiger partial charge on any atom is -0.455 e. The predicted molar refractivity (Wildman–Crippen MR) is 60.8 cm³/mol. The quantitative estimate of drug-likeness (QED) is 0.645. The largest absolute Gasteiger partial charge is 0.455 e. The van der Waals surface area contributed by atoms with E-state index < -0.39 is 23.6 Å². The summed E-state index contributed by atoms with van der Waals surface area (Å²) in [4.78, 5) is 23.6. The van der Waals surface area contributed by atoms with Gasteiger partial charge in [-0.1, -0.05) is 0 Å². The zero-order chi connectivity index (χ0) is 12.6. The average molecular weight is 234 g/mol. The first kappa shape index (κ1) is 11.6. The maximum Gasteiger partial charge on any atom is 0.338 e. The highest BCUT2D eigenvalue weighted by molar-refractivity contribution is 5.94. The molecule has 1 aromatic rings. The van der Waals surface area contributed by atoms with Crippen LogP contribution in [0.15, 0.2) is 24.3 Å². The normalized spacial score (nSPS) is 22.9. The lowest BCUT2D eigenvalue weighted by Crippen LogP contribution is -2.42. The highest BCUT2D eigenvalue weighted by atomic mass is 16.6. The van der Waals surface area contributed by atoms with Crippen LogP contribution in [0.3, 0.4) is 0 Å². The molecule has 4 heteroatoms. The van der Waals surface area contributed by atoms with Crippen molar-refractivity contribution in [1.29, 1.82) is 0 Å². The van der Waals surface area contributed by atoms with Gasteiger partial charge in [-0.3, -0.25) is 0 Å². The summed E-state index contributed by atoms with van der Waals surface area (Å²) in [5.41, 5.74) is 0.0225. The average Bonchev–Trinajstić information content (AvgIpc) is 2.27. The van der Waals surface area contributed by atoms with Crippen LogP contribution in [0, 0.1) is 0 Å². The van der Waals surface area contributed by atoms with E-state index in [1.165, 1.54) is 0 Å². The van der Waals surface area contributed by atoms with Crippen LogP contribution in [-0.4, -0.2) is 23.6 Å². The van der Waals surface area contributed by atoms with Crippen LogP contribution in [0.1, 0.15) is 41.5 Å². The number of benzene rings is 1. The Morgan fingerprint density at radius 1 is 1.00 bits per heavy atom. The fourth-order valence-corrected chi connectivity index (χ4v) is 1.49.